The average molecular weight is 240 g/mol. The summed E-state index contributed by atoms with van der Waals surface area (Å²) in [5, 5.41) is 0. The molecule has 98 valence electrons. The van der Waals surface area contributed by atoms with Crippen LogP contribution in [-0.4, -0.2) is 61.0 Å². The van der Waals surface area contributed by atoms with E-state index in [4.69, 9.17) is 11.5 Å². The third kappa shape index (κ3) is 2.61. The molecule has 1 saturated carbocycles. The zero-order chi connectivity index (χ0) is 12.6. The number of hydrogen-bond donors (Lipinski definition) is 2. The second-order valence-electron chi connectivity index (χ2n) is 5.82. The number of hydrogen-bond acceptors (Lipinski definition) is 4. The van der Waals surface area contributed by atoms with Crippen LogP contribution in [0.5, 0.6) is 0 Å². The molecule has 2 fully saturated rings. The maximum Gasteiger partial charge on any atom is 0.239 e. The maximum absolute atomic E-state index is 11.6. The van der Waals surface area contributed by atoms with E-state index < -0.39 is 5.54 Å². The molecule has 1 saturated heterocycles. The molecule has 1 aliphatic heterocycles. The Morgan fingerprint density at radius 1 is 1.41 bits per heavy atom. The Morgan fingerprint density at radius 2 is 2.06 bits per heavy atom. The minimum absolute atomic E-state index is 0.304. The monoisotopic (exact) mass is 240 g/mol. The van der Waals surface area contributed by atoms with Crippen molar-refractivity contribution >= 4 is 5.91 Å². The Kier molecular flexibility index (Phi) is 3.43. The van der Waals surface area contributed by atoms with Crippen molar-refractivity contribution in [2.75, 3.05) is 33.7 Å². The molecule has 0 radical (unpaired) electrons. The minimum atomic E-state index is -0.804. The summed E-state index contributed by atoms with van der Waals surface area (Å²) in [7, 11) is 4.19. The number of likely N-dealkylation sites (N-methyl/N-ethyl adjacent to an activating group) is 1. The second kappa shape index (κ2) is 4.55. The summed E-state index contributed by atoms with van der Waals surface area (Å²) < 4.78 is 0. The van der Waals surface area contributed by atoms with E-state index >= 15 is 0 Å². The molecule has 2 aliphatic rings. The molecule has 2 atom stereocenters. The molecule has 0 aromatic carbocycles. The van der Waals surface area contributed by atoms with E-state index in [2.05, 4.69) is 23.9 Å². The van der Waals surface area contributed by atoms with Gasteiger partial charge in [0.15, 0.2) is 0 Å². The Bertz CT molecular complexity index is 303. The number of nitrogens with two attached hydrogens (primary N) is 2. The fourth-order valence-corrected chi connectivity index (χ4v) is 2.75. The van der Waals surface area contributed by atoms with Gasteiger partial charge in [-0.2, -0.15) is 0 Å². The molecule has 0 bridgehead atoms. The van der Waals surface area contributed by atoms with Crippen LogP contribution in [0.2, 0.25) is 0 Å². The van der Waals surface area contributed by atoms with Gasteiger partial charge in [0.1, 0.15) is 5.54 Å². The lowest BCUT2D eigenvalue weighted by Gasteiger charge is -2.31. The molecule has 5 heteroatoms. The molecular weight excluding hydrogens is 216 g/mol. The average Bonchev–Trinajstić information content (AvgIpc) is 3.00. The van der Waals surface area contributed by atoms with Gasteiger partial charge in [0.2, 0.25) is 5.91 Å². The van der Waals surface area contributed by atoms with Gasteiger partial charge in [-0.15, -0.1) is 0 Å². The van der Waals surface area contributed by atoms with Crippen LogP contribution in [0.25, 0.3) is 0 Å². The first-order valence-electron chi connectivity index (χ1n) is 6.41. The van der Waals surface area contributed by atoms with Gasteiger partial charge < -0.3 is 16.4 Å². The number of amides is 1. The summed E-state index contributed by atoms with van der Waals surface area (Å²) in [6.45, 7) is 2.63. The normalized spacial score (nSPS) is 29.5. The third-order valence-corrected chi connectivity index (χ3v) is 4.23. The fourth-order valence-electron chi connectivity index (χ4n) is 2.75. The molecule has 5 nitrogen and oxygen atoms in total. The van der Waals surface area contributed by atoms with Crippen molar-refractivity contribution in [3.63, 3.8) is 0 Å². The Labute approximate surface area is 103 Å². The second-order valence-corrected chi connectivity index (χ2v) is 5.82. The quantitative estimate of drug-likeness (QED) is 0.661. The molecule has 0 aromatic rings. The number of carbonyl (C=O) groups is 1. The van der Waals surface area contributed by atoms with Gasteiger partial charge >= 0.3 is 0 Å². The van der Waals surface area contributed by atoms with Crippen LogP contribution in [0.1, 0.15) is 19.3 Å². The van der Waals surface area contributed by atoms with Crippen LogP contribution >= 0.6 is 0 Å². The summed E-state index contributed by atoms with van der Waals surface area (Å²) in [5.41, 5.74) is 10.9. The molecule has 0 spiro atoms. The zero-order valence-corrected chi connectivity index (χ0v) is 10.9. The van der Waals surface area contributed by atoms with Crippen molar-refractivity contribution < 1.29 is 4.79 Å². The third-order valence-electron chi connectivity index (χ3n) is 4.23. The van der Waals surface area contributed by atoms with Crippen molar-refractivity contribution in [2.24, 2.45) is 17.4 Å². The summed E-state index contributed by atoms with van der Waals surface area (Å²) in [6, 6.07) is 0.575. The molecule has 4 N–H and O–H groups in total. The summed E-state index contributed by atoms with van der Waals surface area (Å²) in [6.07, 6.45) is 3.24. The molecule has 2 unspecified atom stereocenters. The largest absolute Gasteiger partial charge is 0.368 e. The van der Waals surface area contributed by atoms with Gasteiger partial charge in [0, 0.05) is 19.1 Å². The SMILES string of the molecule is CN(C)C1CCN(CC(N)(C(N)=O)C2CC2)C1. The Balaban J connectivity index is 1.94. The highest BCUT2D eigenvalue weighted by atomic mass is 16.1. The standard InChI is InChI=1S/C12H24N4O/c1-15(2)10-5-6-16(7-10)8-12(14,11(13)17)9-3-4-9/h9-10H,3-8,14H2,1-2H3,(H2,13,17). The molecule has 17 heavy (non-hydrogen) atoms. The van der Waals surface area contributed by atoms with Gasteiger partial charge in [-0.3, -0.25) is 9.69 Å². The van der Waals surface area contributed by atoms with E-state index in [1.807, 2.05) is 0 Å². The molecule has 0 aromatic heterocycles. The lowest BCUT2D eigenvalue weighted by Crippen LogP contribution is -2.60. The highest BCUT2D eigenvalue weighted by Crippen LogP contribution is 2.39. The summed E-state index contributed by atoms with van der Waals surface area (Å²) >= 11 is 0. The van der Waals surface area contributed by atoms with E-state index in [0.717, 1.165) is 32.4 Å². The summed E-state index contributed by atoms with van der Waals surface area (Å²) in [5.74, 6) is -0.0355. The van der Waals surface area contributed by atoms with Crippen LogP contribution in [-0.2, 0) is 4.79 Å². The van der Waals surface area contributed by atoms with Gasteiger partial charge in [-0.05, 0) is 45.8 Å². The summed E-state index contributed by atoms with van der Waals surface area (Å²) in [4.78, 5) is 16.1. The lowest BCUT2D eigenvalue weighted by atomic mass is 9.93. The molecule has 2 rings (SSSR count). The molecule has 1 heterocycles. The van der Waals surface area contributed by atoms with Gasteiger partial charge in [-0.25, -0.2) is 0 Å². The van der Waals surface area contributed by atoms with E-state index in [1.165, 1.54) is 0 Å². The number of carbonyl (C=O) groups excluding carboxylic acids is 1. The Morgan fingerprint density at radius 3 is 2.47 bits per heavy atom. The van der Waals surface area contributed by atoms with E-state index in [-0.39, 0.29) is 5.91 Å². The first-order chi connectivity index (χ1) is 7.93. The van der Waals surface area contributed by atoms with Crippen molar-refractivity contribution in [3.8, 4) is 0 Å². The maximum atomic E-state index is 11.6. The van der Waals surface area contributed by atoms with Crippen LogP contribution in [0.4, 0.5) is 0 Å². The number of primary amides is 1. The van der Waals surface area contributed by atoms with Crippen molar-refractivity contribution in [1.82, 2.24) is 9.80 Å². The highest BCUT2D eigenvalue weighted by Gasteiger charge is 2.48. The number of likely N-dealkylation sites (tertiary alicyclic amines) is 1. The predicted octanol–water partition coefficient (Wildman–Crippen LogP) is -0.785. The van der Waals surface area contributed by atoms with Gasteiger partial charge in [0.05, 0.1) is 0 Å². The van der Waals surface area contributed by atoms with E-state index in [9.17, 15) is 4.79 Å². The van der Waals surface area contributed by atoms with E-state index in [0.29, 0.717) is 18.5 Å². The van der Waals surface area contributed by atoms with Gasteiger partial charge in [-0.1, -0.05) is 0 Å². The predicted molar refractivity (Wildman–Crippen MR) is 67.4 cm³/mol. The highest BCUT2D eigenvalue weighted by molar-refractivity contribution is 5.85. The van der Waals surface area contributed by atoms with Crippen LogP contribution in [0.3, 0.4) is 0 Å². The zero-order valence-electron chi connectivity index (χ0n) is 10.9. The van der Waals surface area contributed by atoms with Gasteiger partial charge in [0.25, 0.3) is 0 Å². The van der Waals surface area contributed by atoms with Crippen molar-refractivity contribution in [2.45, 2.75) is 30.8 Å². The minimum Gasteiger partial charge on any atom is -0.368 e. The smallest absolute Gasteiger partial charge is 0.239 e. The topological polar surface area (TPSA) is 75.6 Å². The fraction of sp³-hybridized carbons (Fsp3) is 0.917. The first-order valence-corrected chi connectivity index (χ1v) is 6.41. The van der Waals surface area contributed by atoms with Crippen molar-refractivity contribution in [3.05, 3.63) is 0 Å². The molecular formula is C12H24N4O. The van der Waals surface area contributed by atoms with Crippen LogP contribution in [0.15, 0.2) is 0 Å². The number of rotatable bonds is 5. The molecule has 1 amide bonds. The molecule has 1 aliphatic carbocycles. The lowest BCUT2D eigenvalue weighted by molar-refractivity contribution is -0.124. The van der Waals surface area contributed by atoms with Crippen LogP contribution < -0.4 is 11.5 Å². The number of nitrogens with zero attached hydrogens (tertiary/aromatic N) is 2. The Hall–Kier alpha value is -0.650. The van der Waals surface area contributed by atoms with Crippen molar-refractivity contribution in [1.29, 1.82) is 0 Å². The van der Waals surface area contributed by atoms with E-state index in [1.54, 1.807) is 0 Å². The first kappa shape index (κ1) is 12.8. The van der Waals surface area contributed by atoms with Crippen LogP contribution in [0, 0.1) is 5.92 Å².